The number of hydrogen-bond donors (Lipinski definition) is 0. The van der Waals surface area contributed by atoms with Crippen molar-refractivity contribution in [3.05, 3.63) is 65.5 Å². The van der Waals surface area contributed by atoms with Crippen LogP contribution >= 0.6 is 0 Å². The Morgan fingerprint density at radius 3 is 2.21 bits per heavy atom. The van der Waals surface area contributed by atoms with E-state index in [1.807, 2.05) is 6.92 Å². The predicted molar refractivity (Wildman–Crippen MR) is 103 cm³/mol. The number of hydrogen-bond acceptors (Lipinski definition) is 7. The van der Waals surface area contributed by atoms with Crippen molar-refractivity contribution in [2.45, 2.75) is 19.8 Å². The standard InChI is InChI=1S/C21H23NO6/c1-4-5-14-28-19(23)15-9-11-16(12-10-15)22-13-7-6-8-17(20(24)26-2)18(22)21(25)27-3/h6-13H,4-5,14H2,1-3H3. The highest BCUT2D eigenvalue weighted by Crippen LogP contribution is 2.26. The van der Waals surface area contributed by atoms with E-state index < -0.39 is 17.9 Å². The number of esters is 3. The van der Waals surface area contributed by atoms with Crippen LogP contribution < -0.4 is 4.90 Å². The summed E-state index contributed by atoms with van der Waals surface area (Å²) in [6.07, 6.45) is 8.13. The molecule has 0 N–H and O–H groups in total. The molecule has 1 heterocycles. The Labute approximate surface area is 163 Å². The molecule has 1 aliphatic rings. The van der Waals surface area contributed by atoms with Crippen molar-refractivity contribution in [3.63, 3.8) is 0 Å². The lowest BCUT2D eigenvalue weighted by Crippen LogP contribution is -2.27. The maximum absolute atomic E-state index is 12.4. The van der Waals surface area contributed by atoms with Crippen molar-refractivity contribution in [1.29, 1.82) is 0 Å². The van der Waals surface area contributed by atoms with E-state index in [0.717, 1.165) is 12.8 Å². The molecule has 0 aromatic heterocycles. The van der Waals surface area contributed by atoms with Gasteiger partial charge in [-0.05, 0) is 42.8 Å². The molecule has 7 nitrogen and oxygen atoms in total. The van der Waals surface area contributed by atoms with Crippen molar-refractivity contribution in [1.82, 2.24) is 0 Å². The largest absolute Gasteiger partial charge is 0.465 e. The maximum atomic E-state index is 12.4. The summed E-state index contributed by atoms with van der Waals surface area (Å²) in [5, 5.41) is 0. The van der Waals surface area contributed by atoms with Gasteiger partial charge in [0.2, 0.25) is 0 Å². The molecule has 0 bridgehead atoms. The van der Waals surface area contributed by atoms with E-state index in [1.165, 1.54) is 25.2 Å². The first-order valence-electron chi connectivity index (χ1n) is 8.85. The van der Waals surface area contributed by atoms with Gasteiger partial charge in [0.1, 0.15) is 5.70 Å². The minimum atomic E-state index is -0.695. The summed E-state index contributed by atoms with van der Waals surface area (Å²) >= 11 is 0. The smallest absolute Gasteiger partial charge is 0.355 e. The first kappa shape index (κ1) is 21.0. The van der Waals surface area contributed by atoms with Crippen LogP contribution in [0.4, 0.5) is 5.69 Å². The number of unbranched alkanes of at least 4 members (excludes halogenated alkanes) is 1. The normalized spacial score (nSPS) is 13.2. The van der Waals surface area contributed by atoms with Crippen LogP contribution in [0.15, 0.2) is 60.0 Å². The van der Waals surface area contributed by atoms with Gasteiger partial charge in [-0.2, -0.15) is 0 Å². The van der Waals surface area contributed by atoms with Crippen LogP contribution in [-0.4, -0.2) is 38.7 Å². The molecule has 0 amide bonds. The second kappa shape index (κ2) is 10.1. The zero-order chi connectivity index (χ0) is 20.5. The average molecular weight is 385 g/mol. The SMILES string of the molecule is CCCCOC(=O)c1ccc(N2C=CC=CC(C(=O)OC)=C2C(=O)OC)cc1. The average Bonchev–Trinajstić information content (AvgIpc) is 2.95. The molecule has 7 heteroatoms. The fourth-order valence-electron chi connectivity index (χ4n) is 2.52. The molecule has 0 saturated heterocycles. The van der Waals surface area contributed by atoms with Gasteiger partial charge in [-0.15, -0.1) is 0 Å². The number of allylic oxidation sites excluding steroid dienone is 2. The Bertz CT molecular complexity index is 820. The minimum Gasteiger partial charge on any atom is -0.465 e. The summed E-state index contributed by atoms with van der Waals surface area (Å²) in [6.45, 7) is 2.39. The topological polar surface area (TPSA) is 82.1 Å². The molecule has 0 fully saturated rings. The zero-order valence-electron chi connectivity index (χ0n) is 16.1. The molecule has 28 heavy (non-hydrogen) atoms. The lowest BCUT2D eigenvalue weighted by atomic mass is 10.1. The molecule has 0 aliphatic carbocycles. The Hall–Kier alpha value is -3.35. The molecule has 0 saturated carbocycles. The molecule has 0 unspecified atom stereocenters. The van der Waals surface area contributed by atoms with E-state index in [1.54, 1.807) is 42.6 Å². The molecular formula is C21H23NO6. The van der Waals surface area contributed by atoms with Crippen molar-refractivity contribution in [3.8, 4) is 0 Å². The van der Waals surface area contributed by atoms with E-state index in [9.17, 15) is 14.4 Å². The molecular weight excluding hydrogens is 362 g/mol. The monoisotopic (exact) mass is 385 g/mol. The lowest BCUT2D eigenvalue weighted by molar-refractivity contribution is -0.139. The number of benzene rings is 1. The van der Waals surface area contributed by atoms with Crippen LogP contribution in [0.1, 0.15) is 30.1 Å². The highest BCUT2D eigenvalue weighted by atomic mass is 16.5. The van der Waals surface area contributed by atoms with Gasteiger partial charge < -0.3 is 19.1 Å². The van der Waals surface area contributed by atoms with E-state index >= 15 is 0 Å². The maximum Gasteiger partial charge on any atom is 0.355 e. The summed E-state index contributed by atoms with van der Waals surface area (Å²) < 4.78 is 14.8. The molecule has 148 valence electrons. The first-order chi connectivity index (χ1) is 13.5. The van der Waals surface area contributed by atoms with Gasteiger partial charge in [0.15, 0.2) is 0 Å². The fraction of sp³-hybridized carbons (Fsp3) is 0.286. The fourth-order valence-corrected chi connectivity index (χ4v) is 2.52. The predicted octanol–water partition coefficient (Wildman–Crippen LogP) is 3.13. The summed E-state index contributed by atoms with van der Waals surface area (Å²) in [6, 6.07) is 6.51. The quantitative estimate of drug-likeness (QED) is 0.405. The second-order valence-corrected chi connectivity index (χ2v) is 5.85. The van der Waals surface area contributed by atoms with E-state index in [0.29, 0.717) is 17.9 Å². The van der Waals surface area contributed by atoms with Crippen LogP contribution in [0.3, 0.4) is 0 Å². The van der Waals surface area contributed by atoms with Gasteiger partial charge in [-0.25, -0.2) is 14.4 Å². The van der Waals surface area contributed by atoms with Gasteiger partial charge in [0, 0.05) is 11.9 Å². The number of carbonyl (C=O) groups excluding carboxylic acids is 3. The number of carbonyl (C=O) groups is 3. The van der Waals surface area contributed by atoms with Crippen LogP contribution in [0, 0.1) is 0 Å². The highest BCUT2D eigenvalue weighted by molar-refractivity contribution is 6.05. The number of anilines is 1. The first-order valence-corrected chi connectivity index (χ1v) is 8.85. The molecule has 0 radical (unpaired) electrons. The summed E-state index contributed by atoms with van der Waals surface area (Å²) in [5.41, 5.74) is 1.03. The van der Waals surface area contributed by atoms with Crippen molar-refractivity contribution >= 4 is 23.6 Å². The van der Waals surface area contributed by atoms with Crippen LogP contribution in [0.25, 0.3) is 0 Å². The van der Waals surface area contributed by atoms with Crippen molar-refractivity contribution < 1.29 is 28.6 Å². The van der Waals surface area contributed by atoms with Gasteiger partial charge >= 0.3 is 17.9 Å². The molecule has 0 atom stereocenters. The van der Waals surface area contributed by atoms with E-state index in [-0.39, 0.29) is 11.3 Å². The third-order valence-electron chi connectivity index (χ3n) is 4.00. The number of ether oxygens (including phenoxy) is 3. The van der Waals surface area contributed by atoms with Crippen LogP contribution in [0.5, 0.6) is 0 Å². The molecule has 2 rings (SSSR count). The van der Waals surface area contributed by atoms with Crippen LogP contribution in [-0.2, 0) is 23.8 Å². The summed E-state index contributed by atoms with van der Waals surface area (Å²) in [5.74, 6) is -1.77. The van der Waals surface area contributed by atoms with Crippen LogP contribution in [0.2, 0.25) is 0 Å². The lowest BCUT2D eigenvalue weighted by Gasteiger charge is -2.23. The van der Waals surface area contributed by atoms with Gasteiger partial charge in [-0.3, -0.25) is 0 Å². The van der Waals surface area contributed by atoms with Gasteiger partial charge in [0.25, 0.3) is 0 Å². The Balaban J connectivity index is 2.37. The number of nitrogens with zero attached hydrogens (tertiary/aromatic N) is 1. The molecule has 1 aliphatic heterocycles. The number of rotatable bonds is 7. The molecule has 1 aromatic carbocycles. The summed E-state index contributed by atoms with van der Waals surface area (Å²) in [4.78, 5) is 38.1. The summed E-state index contributed by atoms with van der Waals surface area (Å²) in [7, 11) is 2.47. The van der Waals surface area contributed by atoms with Gasteiger partial charge in [0.05, 0.1) is 32.0 Å². The molecule has 0 spiro atoms. The van der Waals surface area contributed by atoms with Crippen molar-refractivity contribution in [2.24, 2.45) is 0 Å². The van der Waals surface area contributed by atoms with Gasteiger partial charge in [-0.1, -0.05) is 19.4 Å². The zero-order valence-corrected chi connectivity index (χ0v) is 16.1. The third-order valence-corrected chi connectivity index (χ3v) is 4.00. The Morgan fingerprint density at radius 1 is 0.929 bits per heavy atom. The second-order valence-electron chi connectivity index (χ2n) is 5.85. The third kappa shape index (κ3) is 4.88. The Kier molecular flexibility index (Phi) is 7.56. The minimum absolute atomic E-state index is 0.0117. The van der Waals surface area contributed by atoms with Crippen molar-refractivity contribution in [2.75, 3.05) is 25.7 Å². The highest BCUT2D eigenvalue weighted by Gasteiger charge is 2.27. The number of methoxy groups -OCH3 is 2. The van der Waals surface area contributed by atoms with E-state index in [2.05, 4.69) is 0 Å². The molecule has 1 aromatic rings. The Morgan fingerprint density at radius 2 is 1.61 bits per heavy atom. The van der Waals surface area contributed by atoms with E-state index in [4.69, 9.17) is 14.2 Å².